The van der Waals surface area contributed by atoms with Gasteiger partial charge in [-0.1, -0.05) is 6.08 Å². The van der Waals surface area contributed by atoms with Gasteiger partial charge in [0.25, 0.3) is 5.69 Å². The number of nitrogens with one attached hydrogen (secondary N) is 1. The number of hydrogen-bond donors (Lipinski definition) is 1. The first-order chi connectivity index (χ1) is 12.6. The van der Waals surface area contributed by atoms with Crippen LogP contribution in [0.5, 0.6) is 11.5 Å². The highest BCUT2D eigenvalue weighted by molar-refractivity contribution is 5.82. The van der Waals surface area contributed by atoms with Crippen LogP contribution < -0.4 is 14.9 Å². The number of hydrazone groups is 1. The molecule has 0 radical (unpaired) electrons. The summed E-state index contributed by atoms with van der Waals surface area (Å²) < 4.78 is 11.1. The second kappa shape index (κ2) is 9.22. The van der Waals surface area contributed by atoms with Gasteiger partial charge in [0.1, 0.15) is 0 Å². The summed E-state index contributed by atoms with van der Waals surface area (Å²) in [5.41, 5.74) is 5.31. The minimum Gasteiger partial charge on any atom is -0.493 e. The Kier molecular flexibility index (Phi) is 6.73. The molecule has 7 heteroatoms. The molecular weight excluding hydrogens is 334 g/mol. The van der Waals surface area contributed by atoms with Crippen molar-refractivity contribution in [2.24, 2.45) is 5.10 Å². The minimum atomic E-state index is -0.444. The van der Waals surface area contributed by atoms with Crippen molar-refractivity contribution in [2.75, 3.05) is 19.1 Å². The van der Waals surface area contributed by atoms with Crippen molar-refractivity contribution < 1.29 is 14.4 Å². The molecule has 0 aliphatic rings. The molecule has 0 aromatic heterocycles. The van der Waals surface area contributed by atoms with Crippen LogP contribution in [0, 0.1) is 10.1 Å². The monoisotopic (exact) mass is 355 g/mol. The maximum absolute atomic E-state index is 10.7. The van der Waals surface area contributed by atoms with Crippen molar-refractivity contribution >= 4 is 17.6 Å². The van der Waals surface area contributed by atoms with E-state index in [1.54, 1.807) is 31.5 Å². The molecule has 0 fully saturated rings. The van der Waals surface area contributed by atoms with Crippen molar-refractivity contribution in [1.29, 1.82) is 0 Å². The number of nitrogens with zero attached hydrogens (tertiary/aromatic N) is 2. The lowest BCUT2D eigenvalue weighted by atomic mass is 10.1. The zero-order valence-electron chi connectivity index (χ0n) is 14.8. The fourth-order valence-electron chi connectivity index (χ4n) is 2.36. The molecule has 0 saturated carbocycles. The number of non-ortho nitro benzene ring substituents is 1. The highest BCUT2D eigenvalue weighted by Gasteiger charge is 2.11. The first-order valence-electron chi connectivity index (χ1n) is 8.07. The number of anilines is 1. The molecule has 1 N–H and O–H groups in total. The van der Waals surface area contributed by atoms with Gasteiger partial charge in [0.05, 0.1) is 30.5 Å². The molecule has 2 aromatic carbocycles. The highest BCUT2D eigenvalue weighted by atomic mass is 16.6. The number of hydrogen-bond acceptors (Lipinski definition) is 6. The van der Waals surface area contributed by atoms with Crippen molar-refractivity contribution in [1.82, 2.24) is 0 Å². The third kappa shape index (κ3) is 4.83. The number of nitro groups is 1. The van der Waals surface area contributed by atoms with Crippen LogP contribution in [0.4, 0.5) is 11.4 Å². The van der Waals surface area contributed by atoms with E-state index in [1.807, 2.05) is 19.1 Å². The van der Waals surface area contributed by atoms with E-state index in [9.17, 15) is 10.1 Å². The number of ether oxygens (including phenoxy) is 2. The van der Waals surface area contributed by atoms with Crippen LogP contribution in [0.2, 0.25) is 0 Å². The average molecular weight is 355 g/mol. The molecule has 0 aliphatic heterocycles. The molecule has 0 atom stereocenters. The molecule has 2 aromatic rings. The molecule has 0 heterocycles. The van der Waals surface area contributed by atoms with E-state index in [2.05, 4.69) is 17.1 Å². The highest BCUT2D eigenvalue weighted by Crippen LogP contribution is 2.33. The fraction of sp³-hybridized carbons (Fsp3) is 0.211. The Morgan fingerprint density at radius 3 is 2.62 bits per heavy atom. The molecule has 0 unspecified atom stereocenters. The summed E-state index contributed by atoms with van der Waals surface area (Å²) in [6.07, 6.45) is 4.09. The normalized spacial score (nSPS) is 10.5. The quantitative estimate of drug-likeness (QED) is 0.316. The first-order valence-corrected chi connectivity index (χ1v) is 8.07. The molecule has 7 nitrogen and oxygen atoms in total. The van der Waals surface area contributed by atoms with Gasteiger partial charge in [0.15, 0.2) is 11.5 Å². The van der Waals surface area contributed by atoms with E-state index in [0.29, 0.717) is 30.2 Å². The van der Waals surface area contributed by atoms with Gasteiger partial charge in [-0.25, -0.2) is 0 Å². The number of allylic oxidation sites excluding steroid dienone is 1. The minimum absolute atomic E-state index is 0.0323. The summed E-state index contributed by atoms with van der Waals surface area (Å²) in [5, 5.41) is 14.8. The fourth-order valence-corrected chi connectivity index (χ4v) is 2.36. The standard InChI is InChI=1S/C19H21N3O4/c1-4-6-15-11-14(12-18(25-3)19(15)26-5-2)13-20-21-16-7-9-17(10-8-16)22(23)24/h4,7-13,21H,1,5-6H2,2-3H3/b20-13+. The Morgan fingerprint density at radius 1 is 1.31 bits per heavy atom. The Hall–Kier alpha value is -3.35. The Bertz CT molecular complexity index is 801. The second-order valence-corrected chi connectivity index (χ2v) is 5.31. The van der Waals surface area contributed by atoms with Gasteiger partial charge < -0.3 is 9.47 Å². The van der Waals surface area contributed by atoms with Crippen LogP contribution >= 0.6 is 0 Å². The molecule has 2 rings (SSSR count). The molecule has 26 heavy (non-hydrogen) atoms. The van der Waals surface area contributed by atoms with Crippen LogP contribution in [-0.2, 0) is 6.42 Å². The summed E-state index contributed by atoms with van der Waals surface area (Å²) in [6, 6.07) is 9.81. The van der Waals surface area contributed by atoms with Crippen LogP contribution in [-0.4, -0.2) is 24.9 Å². The van der Waals surface area contributed by atoms with Crippen LogP contribution in [0.3, 0.4) is 0 Å². The molecule has 0 saturated heterocycles. The maximum Gasteiger partial charge on any atom is 0.269 e. The number of rotatable bonds is 9. The smallest absolute Gasteiger partial charge is 0.269 e. The van der Waals surface area contributed by atoms with E-state index in [1.165, 1.54) is 12.1 Å². The van der Waals surface area contributed by atoms with E-state index in [0.717, 1.165) is 11.1 Å². The van der Waals surface area contributed by atoms with Crippen molar-refractivity contribution in [3.05, 3.63) is 70.3 Å². The van der Waals surface area contributed by atoms with Crippen molar-refractivity contribution in [3.63, 3.8) is 0 Å². The largest absolute Gasteiger partial charge is 0.493 e. The summed E-state index contributed by atoms with van der Waals surface area (Å²) in [7, 11) is 1.59. The van der Waals surface area contributed by atoms with E-state index >= 15 is 0 Å². The second-order valence-electron chi connectivity index (χ2n) is 5.31. The number of nitro benzene ring substituents is 1. The maximum atomic E-state index is 10.7. The lowest BCUT2D eigenvalue weighted by Crippen LogP contribution is -2.01. The van der Waals surface area contributed by atoms with E-state index < -0.39 is 4.92 Å². The first kappa shape index (κ1) is 19.0. The van der Waals surface area contributed by atoms with Crippen LogP contribution in [0.15, 0.2) is 54.2 Å². The third-order valence-corrected chi connectivity index (χ3v) is 3.51. The van der Waals surface area contributed by atoms with Gasteiger partial charge in [-0.05, 0) is 43.2 Å². The van der Waals surface area contributed by atoms with Crippen molar-refractivity contribution in [3.8, 4) is 11.5 Å². The lowest BCUT2D eigenvalue weighted by Gasteiger charge is -2.14. The van der Waals surface area contributed by atoms with Crippen LogP contribution in [0.1, 0.15) is 18.1 Å². The Morgan fingerprint density at radius 2 is 2.04 bits per heavy atom. The van der Waals surface area contributed by atoms with Gasteiger partial charge in [-0.15, -0.1) is 6.58 Å². The summed E-state index contributed by atoms with van der Waals surface area (Å²) >= 11 is 0. The van der Waals surface area contributed by atoms with Gasteiger partial charge in [0.2, 0.25) is 0 Å². The molecule has 0 amide bonds. The lowest BCUT2D eigenvalue weighted by molar-refractivity contribution is -0.384. The molecule has 0 bridgehead atoms. The van der Waals surface area contributed by atoms with Crippen LogP contribution in [0.25, 0.3) is 0 Å². The molecule has 0 aliphatic carbocycles. The third-order valence-electron chi connectivity index (χ3n) is 3.51. The molecule has 136 valence electrons. The average Bonchev–Trinajstić information content (AvgIpc) is 2.64. The van der Waals surface area contributed by atoms with Gasteiger partial charge in [0, 0.05) is 17.7 Å². The molecule has 0 spiro atoms. The van der Waals surface area contributed by atoms with Gasteiger partial charge in [-0.2, -0.15) is 5.10 Å². The number of benzene rings is 2. The van der Waals surface area contributed by atoms with E-state index in [4.69, 9.17) is 9.47 Å². The predicted molar refractivity (Wildman–Crippen MR) is 102 cm³/mol. The number of methoxy groups -OCH3 is 1. The zero-order chi connectivity index (χ0) is 18.9. The Balaban J connectivity index is 2.19. The summed E-state index contributed by atoms with van der Waals surface area (Å²) in [4.78, 5) is 10.2. The Labute approximate surface area is 152 Å². The predicted octanol–water partition coefficient (Wildman–Crippen LogP) is 4.18. The molecular formula is C19H21N3O4. The van der Waals surface area contributed by atoms with Gasteiger partial charge in [-0.3, -0.25) is 15.5 Å². The zero-order valence-corrected chi connectivity index (χ0v) is 14.8. The van der Waals surface area contributed by atoms with E-state index in [-0.39, 0.29) is 5.69 Å². The SMILES string of the molecule is C=CCc1cc(/C=N/Nc2ccc([N+](=O)[O-])cc2)cc(OC)c1OCC. The van der Waals surface area contributed by atoms with Crippen molar-refractivity contribution in [2.45, 2.75) is 13.3 Å². The topological polar surface area (TPSA) is 86.0 Å². The summed E-state index contributed by atoms with van der Waals surface area (Å²) in [6.45, 7) is 6.23. The van der Waals surface area contributed by atoms with Gasteiger partial charge >= 0.3 is 0 Å². The summed E-state index contributed by atoms with van der Waals surface area (Å²) in [5.74, 6) is 1.33.